The molecule has 1 aliphatic heterocycles. The van der Waals surface area contributed by atoms with Gasteiger partial charge in [-0.3, -0.25) is 4.79 Å². The quantitative estimate of drug-likeness (QED) is 0.838. The molecule has 0 aromatic heterocycles. The van der Waals surface area contributed by atoms with E-state index in [9.17, 15) is 14.0 Å². The van der Waals surface area contributed by atoms with Crippen LogP contribution in [-0.4, -0.2) is 29.9 Å². The molecule has 3 amide bonds. The molecule has 1 heterocycles. The summed E-state index contributed by atoms with van der Waals surface area (Å²) < 4.78 is 13.0. The molecule has 1 unspecified atom stereocenters. The summed E-state index contributed by atoms with van der Waals surface area (Å²) in [6, 6.07) is 12.7. The Balaban J connectivity index is 1.47. The molecule has 2 aromatic rings. The molecule has 3 rings (SSSR count). The summed E-state index contributed by atoms with van der Waals surface area (Å²) in [7, 11) is 0. The van der Waals surface area contributed by atoms with Crippen molar-refractivity contribution in [2.24, 2.45) is 5.92 Å². The van der Waals surface area contributed by atoms with Crippen LogP contribution in [0.4, 0.5) is 14.9 Å². The Bertz CT molecular complexity index is 798. The number of hydrogen-bond donors (Lipinski definition) is 2. The van der Waals surface area contributed by atoms with Crippen molar-refractivity contribution in [2.75, 3.05) is 18.4 Å². The normalized spacial score (nSPS) is 16.6. The highest BCUT2D eigenvalue weighted by molar-refractivity contribution is 6.33. The summed E-state index contributed by atoms with van der Waals surface area (Å²) >= 11 is 6.00. The van der Waals surface area contributed by atoms with E-state index in [1.54, 1.807) is 41.3 Å². The minimum absolute atomic E-state index is 0.0348. The molecule has 1 aliphatic rings. The number of likely N-dealkylation sites (tertiary alicyclic amines) is 1. The lowest BCUT2D eigenvalue weighted by atomic mass is 10.1. The first-order valence-corrected chi connectivity index (χ1v) is 8.70. The van der Waals surface area contributed by atoms with E-state index in [0.29, 0.717) is 36.8 Å². The van der Waals surface area contributed by atoms with Crippen LogP contribution >= 0.6 is 11.6 Å². The van der Waals surface area contributed by atoms with Gasteiger partial charge in [-0.1, -0.05) is 35.9 Å². The lowest BCUT2D eigenvalue weighted by molar-refractivity contribution is -0.128. The van der Waals surface area contributed by atoms with E-state index in [0.717, 1.165) is 5.56 Å². The Morgan fingerprint density at radius 2 is 1.92 bits per heavy atom. The van der Waals surface area contributed by atoms with Crippen LogP contribution in [-0.2, 0) is 11.3 Å². The molecule has 2 N–H and O–H groups in total. The molecule has 136 valence electrons. The van der Waals surface area contributed by atoms with Crippen molar-refractivity contribution in [1.29, 1.82) is 0 Å². The fourth-order valence-electron chi connectivity index (χ4n) is 2.92. The minimum atomic E-state index is -0.359. The molecule has 0 radical (unpaired) electrons. The minimum Gasteiger partial charge on any atom is -0.338 e. The van der Waals surface area contributed by atoms with Crippen LogP contribution in [0.5, 0.6) is 0 Å². The first-order chi connectivity index (χ1) is 12.5. The standard InChI is InChI=1S/C19H19ClFN3O2/c20-16-3-1-2-4-17(16)23-19(26)22-10-14-9-18(25)24(12-14)11-13-5-7-15(21)8-6-13/h1-8,14H,9-12H2,(H2,22,23,26). The summed E-state index contributed by atoms with van der Waals surface area (Å²) in [6.45, 7) is 1.39. The molecule has 5 nitrogen and oxygen atoms in total. The predicted molar refractivity (Wildman–Crippen MR) is 98.4 cm³/mol. The molecular formula is C19H19ClFN3O2. The number of urea groups is 1. The zero-order chi connectivity index (χ0) is 18.5. The van der Waals surface area contributed by atoms with Gasteiger partial charge in [0.15, 0.2) is 0 Å². The number of nitrogens with zero attached hydrogens (tertiary/aromatic N) is 1. The summed E-state index contributed by atoms with van der Waals surface area (Å²) in [5, 5.41) is 5.92. The van der Waals surface area contributed by atoms with Gasteiger partial charge in [-0.05, 0) is 29.8 Å². The van der Waals surface area contributed by atoms with Gasteiger partial charge in [0.1, 0.15) is 5.82 Å². The van der Waals surface area contributed by atoms with Crippen molar-refractivity contribution in [3.63, 3.8) is 0 Å². The number of nitrogens with one attached hydrogen (secondary N) is 2. The summed E-state index contributed by atoms with van der Waals surface area (Å²) in [6.07, 6.45) is 0.383. The second-order valence-electron chi connectivity index (χ2n) is 6.29. The smallest absolute Gasteiger partial charge is 0.319 e. The zero-order valence-corrected chi connectivity index (χ0v) is 14.8. The van der Waals surface area contributed by atoms with Gasteiger partial charge in [0.2, 0.25) is 5.91 Å². The van der Waals surface area contributed by atoms with Crippen molar-refractivity contribution >= 4 is 29.2 Å². The maximum atomic E-state index is 13.0. The van der Waals surface area contributed by atoms with Gasteiger partial charge >= 0.3 is 6.03 Å². The molecular weight excluding hydrogens is 357 g/mol. The van der Waals surface area contributed by atoms with Crippen molar-refractivity contribution in [2.45, 2.75) is 13.0 Å². The van der Waals surface area contributed by atoms with Crippen LogP contribution in [0.15, 0.2) is 48.5 Å². The van der Waals surface area contributed by atoms with Crippen LogP contribution < -0.4 is 10.6 Å². The van der Waals surface area contributed by atoms with Gasteiger partial charge in [-0.15, -0.1) is 0 Å². The second-order valence-corrected chi connectivity index (χ2v) is 6.69. The maximum absolute atomic E-state index is 13.0. The van der Waals surface area contributed by atoms with E-state index < -0.39 is 0 Å². The molecule has 7 heteroatoms. The Labute approximate surface area is 156 Å². The van der Waals surface area contributed by atoms with Gasteiger partial charge in [-0.2, -0.15) is 0 Å². The lowest BCUT2D eigenvalue weighted by Crippen LogP contribution is -2.34. The highest BCUT2D eigenvalue weighted by atomic mass is 35.5. The fraction of sp³-hybridized carbons (Fsp3) is 0.263. The molecule has 0 saturated carbocycles. The number of carbonyl (C=O) groups excluding carboxylic acids is 2. The van der Waals surface area contributed by atoms with Gasteiger partial charge in [0.05, 0.1) is 10.7 Å². The van der Waals surface area contributed by atoms with Crippen molar-refractivity contribution in [3.8, 4) is 0 Å². The summed E-state index contributed by atoms with van der Waals surface area (Å²) in [5.74, 6) is -0.222. The number of benzene rings is 2. The Hall–Kier alpha value is -2.60. The van der Waals surface area contributed by atoms with Crippen molar-refractivity contribution in [1.82, 2.24) is 10.2 Å². The first-order valence-electron chi connectivity index (χ1n) is 8.33. The predicted octanol–water partition coefficient (Wildman–Crippen LogP) is 3.65. The van der Waals surface area contributed by atoms with Crippen LogP contribution in [0.3, 0.4) is 0 Å². The van der Waals surface area contributed by atoms with E-state index in [2.05, 4.69) is 10.6 Å². The average molecular weight is 376 g/mol. The first kappa shape index (κ1) is 18.2. The third kappa shape index (κ3) is 4.73. The van der Waals surface area contributed by atoms with E-state index in [1.165, 1.54) is 12.1 Å². The molecule has 1 saturated heterocycles. The summed E-state index contributed by atoms with van der Waals surface area (Å²) in [5.41, 5.74) is 1.41. The van der Waals surface area contributed by atoms with Gasteiger partial charge in [-0.25, -0.2) is 9.18 Å². The van der Waals surface area contributed by atoms with Gasteiger partial charge < -0.3 is 15.5 Å². The third-order valence-corrected chi connectivity index (χ3v) is 4.58. The Morgan fingerprint density at radius 1 is 1.19 bits per heavy atom. The fourth-order valence-corrected chi connectivity index (χ4v) is 3.10. The molecule has 2 aromatic carbocycles. The maximum Gasteiger partial charge on any atom is 0.319 e. The number of rotatable bonds is 5. The Morgan fingerprint density at radius 3 is 2.65 bits per heavy atom. The van der Waals surface area contributed by atoms with Crippen LogP contribution in [0.25, 0.3) is 0 Å². The van der Waals surface area contributed by atoms with Crippen LogP contribution in [0.1, 0.15) is 12.0 Å². The molecule has 0 aliphatic carbocycles. The van der Waals surface area contributed by atoms with Crippen molar-refractivity contribution < 1.29 is 14.0 Å². The number of amides is 3. The number of carbonyl (C=O) groups is 2. The average Bonchev–Trinajstić information content (AvgIpc) is 2.97. The second kappa shape index (κ2) is 8.19. The number of anilines is 1. The molecule has 0 spiro atoms. The van der Waals surface area contributed by atoms with E-state index in [1.807, 2.05) is 0 Å². The highest BCUT2D eigenvalue weighted by Crippen LogP contribution is 2.21. The topological polar surface area (TPSA) is 61.4 Å². The number of halogens is 2. The number of para-hydroxylation sites is 1. The zero-order valence-electron chi connectivity index (χ0n) is 14.0. The molecule has 1 atom stereocenters. The largest absolute Gasteiger partial charge is 0.338 e. The summed E-state index contributed by atoms with van der Waals surface area (Å²) in [4.78, 5) is 25.9. The van der Waals surface area contributed by atoms with Crippen LogP contribution in [0.2, 0.25) is 5.02 Å². The van der Waals surface area contributed by atoms with Crippen molar-refractivity contribution in [3.05, 3.63) is 64.9 Å². The van der Waals surface area contributed by atoms with E-state index in [4.69, 9.17) is 11.6 Å². The number of hydrogen-bond acceptors (Lipinski definition) is 2. The third-order valence-electron chi connectivity index (χ3n) is 4.25. The lowest BCUT2D eigenvalue weighted by Gasteiger charge is -2.17. The Kier molecular flexibility index (Phi) is 5.73. The molecule has 26 heavy (non-hydrogen) atoms. The van der Waals surface area contributed by atoms with Gasteiger partial charge in [0, 0.05) is 32.0 Å². The monoisotopic (exact) mass is 375 g/mol. The van der Waals surface area contributed by atoms with E-state index >= 15 is 0 Å². The molecule has 1 fully saturated rings. The SMILES string of the molecule is O=C(NCC1CC(=O)N(Cc2ccc(F)cc2)C1)Nc1ccccc1Cl. The van der Waals surface area contributed by atoms with Crippen LogP contribution in [0, 0.1) is 11.7 Å². The van der Waals surface area contributed by atoms with E-state index in [-0.39, 0.29) is 23.7 Å². The van der Waals surface area contributed by atoms with Gasteiger partial charge in [0.25, 0.3) is 0 Å². The molecule has 0 bridgehead atoms. The highest BCUT2D eigenvalue weighted by Gasteiger charge is 2.29.